The Kier molecular flexibility index (Phi) is 7.60. The molecule has 0 aliphatic carbocycles. The number of carbonyl (C=O) groups excluding carboxylic acids is 2. The van der Waals surface area contributed by atoms with Gasteiger partial charge in [0.05, 0.1) is 14.2 Å². The number of benzene rings is 2. The Morgan fingerprint density at radius 3 is 1.23 bits per heavy atom. The van der Waals surface area contributed by atoms with Crippen LogP contribution in [0.2, 0.25) is 0 Å². The number of hydrogen-bond donors (Lipinski definition) is 0. The van der Waals surface area contributed by atoms with Crippen molar-refractivity contribution in [2.45, 2.75) is 0 Å². The highest BCUT2D eigenvalue weighted by molar-refractivity contribution is 5.63. The number of hydrogen-bond acceptors (Lipinski definition) is 6. The predicted molar refractivity (Wildman–Crippen MR) is 79.0 cm³/mol. The first kappa shape index (κ1) is 17.0. The molecule has 0 unspecified atom stereocenters. The fourth-order valence-electron chi connectivity index (χ4n) is 1.25. The molecule has 0 amide bonds. The molecule has 0 spiro atoms. The van der Waals surface area contributed by atoms with Crippen molar-refractivity contribution in [2.24, 2.45) is 0 Å². The van der Waals surface area contributed by atoms with Gasteiger partial charge in [-0.05, 0) is 24.3 Å². The van der Waals surface area contributed by atoms with Gasteiger partial charge in [-0.25, -0.2) is 9.59 Å². The first-order valence-electron chi connectivity index (χ1n) is 6.27. The van der Waals surface area contributed by atoms with Crippen LogP contribution in [-0.2, 0) is 9.47 Å². The molecule has 0 saturated heterocycles. The molecule has 2 aromatic rings. The van der Waals surface area contributed by atoms with Gasteiger partial charge in [-0.2, -0.15) is 0 Å². The van der Waals surface area contributed by atoms with Crippen LogP contribution in [0.5, 0.6) is 11.5 Å². The summed E-state index contributed by atoms with van der Waals surface area (Å²) in [5, 5.41) is 0. The normalized spacial score (nSPS) is 8.82. The van der Waals surface area contributed by atoms with Crippen LogP contribution < -0.4 is 9.47 Å². The van der Waals surface area contributed by atoms with Crippen molar-refractivity contribution in [3.63, 3.8) is 0 Å². The monoisotopic (exact) mass is 304 g/mol. The van der Waals surface area contributed by atoms with Gasteiger partial charge >= 0.3 is 12.3 Å². The minimum absolute atomic E-state index is 0.486. The van der Waals surface area contributed by atoms with Crippen LogP contribution in [0.4, 0.5) is 9.59 Å². The minimum atomic E-state index is -0.698. The smallest absolute Gasteiger partial charge is 0.437 e. The summed E-state index contributed by atoms with van der Waals surface area (Å²) in [7, 11) is 2.54. The van der Waals surface area contributed by atoms with Crippen LogP contribution in [0.15, 0.2) is 60.7 Å². The van der Waals surface area contributed by atoms with Crippen molar-refractivity contribution in [3.8, 4) is 11.5 Å². The van der Waals surface area contributed by atoms with Gasteiger partial charge in [0.15, 0.2) is 0 Å². The second-order valence-corrected chi connectivity index (χ2v) is 3.74. The van der Waals surface area contributed by atoms with Gasteiger partial charge in [0.2, 0.25) is 0 Å². The van der Waals surface area contributed by atoms with E-state index in [0.717, 1.165) is 0 Å². The maximum atomic E-state index is 10.5. The summed E-state index contributed by atoms with van der Waals surface area (Å²) in [6.45, 7) is 0. The summed E-state index contributed by atoms with van der Waals surface area (Å²) in [6, 6.07) is 17.5. The molecule has 0 radical (unpaired) electrons. The highest BCUT2D eigenvalue weighted by atomic mass is 16.7. The molecule has 0 N–H and O–H groups in total. The van der Waals surface area contributed by atoms with E-state index in [2.05, 4.69) is 9.47 Å². The highest BCUT2D eigenvalue weighted by Crippen LogP contribution is 2.09. The van der Waals surface area contributed by atoms with E-state index < -0.39 is 12.3 Å². The third-order valence-electron chi connectivity index (χ3n) is 2.22. The maximum Gasteiger partial charge on any atom is 0.513 e. The van der Waals surface area contributed by atoms with Crippen molar-refractivity contribution in [3.05, 3.63) is 60.7 Å². The summed E-state index contributed by atoms with van der Waals surface area (Å²) in [5.41, 5.74) is 0. The van der Waals surface area contributed by atoms with E-state index in [1.807, 2.05) is 12.1 Å². The Labute approximate surface area is 128 Å². The van der Waals surface area contributed by atoms with Crippen LogP contribution in [0, 0.1) is 0 Å². The third kappa shape index (κ3) is 6.95. The molecular formula is C16H16O6. The van der Waals surface area contributed by atoms with Gasteiger partial charge in [0, 0.05) is 0 Å². The predicted octanol–water partition coefficient (Wildman–Crippen LogP) is 3.66. The van der Waals surface area contributed by atoms with Crippen molar-refractivity contribution in [2.75, 3.05) is 14.2 Å². The zero-order chi connectivity index (χ0) is 16.2. The molecule has 0 bridgehead atoms. The fourth-order valence-corrected chi connectivity index (χ4v) is 1.25. The van der Waals surface area contributed by atoms with Gasteiger partial charge < -0.3 is 18.9 Å². The van der Waals surface area contributed by atoms with E-state index >= 15 is 0 Å². The zero-order valence-electron chi connectivity index (χ0n) is 12.2. The molecule has 0 fully saturated rings. The molecule has 2 aromatic carbocycles. The SMILES string of the molecule is COC(=O)Oc1ccccc1.COC(=O)Oc1ccccc1. The molecule has 0 aromatic heterocycles. The molecule has 6 heteroatoms. The number of methoxy groups -OCH3 is 2. The lowest BCUT2D eigenvalue weighted by Crippen LogP contribution is -2.06. The fraction of sp³-hybridized carbons (Fsp3) is 0.125. The summed E-state index contributed by atoms with van der Waals surface area (Å²) < 4.78 is 18.0. The maximum absolute atomic E-state index is 10.5. The van der Waals surface area contributed by atoms with Gasteiger partial charge in [-0.3, -0.25) is 0 Å². The summed E-state index contributed by atoms with van der Waals surface area (Å²) in [6.07, 6.45) is -1.40. The molecule has 22 heavy (non-hydrogen) atoms. The van der Waals surface area contributed by atoms with Crippen LogP contribution in [0.25, 0.3) is 0 Å². The van der Waals surface area contributed by atoms with Gasteiger partial charge in [0.1, 0.15) is 11.5 Å². The minimum Gasteiger partial charge on any atom is -0.437 e. The molecule has 6 nitrogen and oxygen atoms in total. The first-order chi connectivity index (χ1) is 10.7. The van der Waals surface area contributed by atoms with Crippen LogP contribution in [0.1, 0.15) is 0 Å². The molecule has 0 aliphatic rings. The van der Waals surface area contributed by atoms with Gasteiger partial charge in [0.25, 0.3) is 0 Å². The first-order valence-corrected chi connectivity index (χ1v) is 6.27. The van der Waals surface area contributed by atoms with Gasteiger partial charge in [-0.1, -0.05) is 36.4 Å². The number of carbonyl (C=O) groups is 2. The number of ether oxygens (including phenoxy) is 4. The molecular weight excluding hydrogens is 288 g/mol. The van der Waals surface area contributed by atoms with Crippen molar-refractivity contribution in [1.82, 2.24) is 0 Å². The van der Waals surface area contributed by atoms with E-state index in [9.17, 15) is 9.59 Å². The standard InChI is InChI=1S/2C8H8O3/c2*1-10-8(9)11-7-5-3-2-4-6-7/h2*2-6H,1H3. The molecule has 0 heterocycles. The van der Waals surface area contributed by atoms with E-state index in [-0.39, 0.29) is 0 Å². The largest absolute Gasteiger partial charge is 0.513 e. The van der Waals surface area contributed by atoms with Gasteiger partial charge in [-0.15, -0.1) is 0 Å². The Morgan fingerprint density at radius 2 is 0.955 bits per heavy atom. The quantitative estimate of drug-likeness (QED) is 0.623. The molecule has 2 rings (SSSR count). The van der Waals surface area contributed by atoms with Crippen LogP contribution in [-0.4, -0.2) is 26.5 Å². The summed E-state index contributed by atoms with van der Waals surface area (Å²) >= 11 is 0. The summed E-state index contributed by atoms with van der Waals surface area (Å²) in [4.78, 5) is 21.1. The lowest BCUT2D eigenvalue weighted by molar-refractivity contribution is 0.120. The Morgan fingerprint density at radius 1 is 0.636 bits per heavy atom. The molecule has 0 atom stereocenters. The zero-order valence-corrected chi connectivity index (χ0v) is 12.2. The second kappa shape index (κ2) is 9.82. The molecule has 116 valence electrons. The number of rotatable bonds is 2. The molecule has 0 aliphatic heterocycles. The molecule has 0 saturated carbocycles. The van der Waals surface area contributed by atoms with E-state index in [0.29, 0.717) is 11.5 Å². The van der Waals surface area contributed by atoms with Crippen molar-refractivity contribution < 1.29 is 28.5 Å². The Balaban J connectivity index is 0.000000220. The number of para-hydroxylation sites is 2. The summed E-state index contributed by atoms with van der Waals surface area (Å²) in [5.74, 6) is 0.971. The second-order valence-electron chi connectivity index (χ2n) is 3.74. The van der Waals surface area contributed by atoms with Crippen molar-refractivity contribution >= 4 is 12.3 Å². The lowest BCUT2D eigenvalue weighted by atomic mass is 10.3. The third-order valence-corrected chi connectivity index (χ3v) is 2.22. The van der Waals surface area contributed by atoms with E-state index in [1.165, 1.54) is 14.2 Å². The average molecular weight is 304 g/mol. The van der Waals surface area contributed by atoms with E-state index in [1.54, 1.807) is 48.5 Å². The van der Waals surface area contributed by atoms with Crippen LogP contribution >= 0.6 is 0 Å². The highest BCUT2D eigenvalue weighted by Gasteiger charge is 2.01. The topological polar surface area (TPSA) is 71.1 Å². The Bertz CT molecular complexity index is 514. The van der Waals surface area contributed by atoms with E-state index in [4.69, 9.17) is 9.47 Å². The van der Waals surface area contributed by atoms with Crippen molar-refractivity contribution in [1.29, 1.82) is 0 Å². The average Bonchev–Trinajstić information content (AvgIpc) is 2.57. The Hall–Kier alpha value is -3.02. The lowest BCUT2D eigenvalue weighted by Gasteiger charge is -1.99. The van der Waals surface area contributed by atoms with Crippen LogP contribution in [0.3, 0.4) is 0 Å².